The Morgan fingerprint density at radius 3 is 2.72 bits per heavy atom. The maximum absolute atomic E-state index is 12.6. The van der Waals surface area contributed by atoms with E-state index in [1.54, 1.807) is 25.4 Å². The molecule has 2 heterocycles. The number of ether oxygens (including phenoxy) is 2. The SMILES string of the molecule is COc1cc(C#N)ccc1C1C(C(N)=O)=C(C)Nc2c(C)cnc(OCC3(C)CCC3)c21. The van der Waals surface area contributed by atoms with Crippen molar-refractivity contribution >= 4 is 11.6 Å². The van der Waals surface area contributed by atoms with Gasteiger partial charge in [-0.05, 0) is 44.4 Å². The fraction of sp³-hybridized carbons (Fsp3) is 0.400. The van der Waals surface area contributed by atoms with Crippen molar-refractivity contribution in [2.75, 3.05) is 19.0 Å². The summed E-state index contributed by atoms with van der Waals surface area (Å²) in [7, 11) is 1.55. The number of fused-ring (bicyclic) bond motifs is 1. The number of aromatic nitrogens is 1. The van der Waals surface area contributed by atoms with Crippen molar-refractivity contribution < 1.29 is 14.3 Å². The standard InChI is InChI=1S/C25H28N4O3/c1-14-12-28-24(32-13-25(3)8-5-9-25)21-20(19(23(27)30)15(2)29-22(14)21)17-7-6-16(11-26)10-18(17)31-4/h6-7,10,12,20,29H,5,8-9,13H2,1-4H3,(H2,27,30). The molecule has 0 radical (unpaired) electrons. The van der Waals surface area contributed by atoms with Gasteiger partial charge in [0.2, 0.25) is 11.8 Å². The lowest BCUT2D eigenvalue weighted by atomic mass is 9.71. The minimum absolute atomic E-state index is 0.140. The molecule has 1 atom stereocenters. The predicted octanol–water partition coefficient (Wildman–Crippen LogP) is 4.16. The molecule has 1 saturated carbocycles. The third-order valence-electron chi connectivity index (χ3n) is 6.62. The maximum Gasteiger partial charge on any atom is 0.247 e. The first-order valence-electron chi connectivity index (χ1n) is 10.8. The first kappa shape index (κ1) is 21.7. The Morgan fingerprint density at radius 2 is 2.12 bits per heavy atom. The van der Waals surface area contributed by atoms with Crippen molar-refractivity contribution in [3.8, 4) is 17.7 Å². The summed E-state index contributed by atoms with van der Waals surface area (Å²) in [5.74, 6) is -0.0840. The Kier molecular flexibility index (Phi) is 5.55. The van der Waals surface area contributed by atoms with Gasteiger partial charge in [0.05, 0.1) is 42.5 Å². The van der Waals surface area contributed by atoms with E-state index in [9.17, 15) is 10.1 Å². The monoisotopic (exact) mass is 432 g/mol. The first-order valence-corrected chi connectivity index (χ1v) is 10.8. The van der Waals surface area contributed by atoms with Gasteiger partial charge in [-0.25, -0.2) is 4.98 Å². The summed E-state index contributed by atoms with van der Waals surface area (Å²) in [6.45, 7) is 6.57. The van der Waals surface area contributed by atoms with Crippen molar-refractivity contribution in [2.24, 2.45) is 11.1 Å². The molecule has 1 aromatic heterocycles. The Labute approximate surface area is 188 Å². The molecule has 1 unspecified atom stereocenters. The summed E-state index contributed by atoms with van der Waals surface area (Å²) in [6.07, 6.45) is 5.23. The van der Waals surface area contributed by atoms with Gasteiger partial charge in [0.1, 0.15) is 5.75 Å². The second-order valence-electron chi connectivity index (χ2n) is 9.02. The molecule has 0 saturated heterocycles. The fourth-order valence-corrected chi connectivity index (χ4v) is 4.60. The number of hydrogen-bond acceptors (Lipinski definition) is 6. The van der Waals surface area contributed by atoms with Crippen LogP contribution >= 0.6 is 0 Å². The number of pyridine rings is 1. The molecule has 4 rings (SSSR count). The number of aryl methyl sites for hydroxylation is 1. The van der Waals surface area contributed by atoms with E-state index in [1.165, 1.54) is 6.42 Å². The fourth-order valence-electron chi connectivity index (χ4n) is 4.60. The summed E-state index contributed by atoms with van der Waals surface area (Å²) in [4.78, 5) is 17.2. The molecule has 3 N–H and O–H groups in total. The lowest BCUT2D eigenvalue weighted by Gasteiger charge is -2.38. The molecule has 32 heavy (non-hydrogen) atoms. The number of hydrogen-bond donors (Lipinski definition) is 2. The highest BCUT2D eigenvalue weighted by Gasteiger charge is 2.38. The van der Waals surface area contributed by atoms with Crippen molar-refractivity contribution in [2.45, 2.75) is 46.0 Å². The molecule has 2 aliphatic rings. The van der Waals surface area contributed by atoms with E-state index in [0.29, 0.717) is 35.1 Å². The molecule has 0 spiro atoms. The molecule has 0 bridgehead atoms. The minimum atomic E-state index is -0.539. The smallest absolute Gasteiger partial charge is 0.247 e. The highest BCUT2D eigenvalue weighted by Crippen LogP contribution is 2.49. The number of nitriles is 1. The number of nitrogens with two attached hydrogens (primary N) is 1. The van der Waals surface area contributed by atoms with E-state index < -0.39 is 11.8 Å². The average molecular weight is 433 g/mol. The summed E-state index contributed by atoms with van der Waals surface area (Å²) in [5.41, 5.74) is 10.8. The van der Waals surface area contributed by atoms with Gasteiger partial charge in [0.25, 0.3) is 0 Å². The molecule has 1 aliphatic heterocycles. The zero-order chi connectivity index (χ0) is 23.0. The largest absolute Gasteiger partial charge is 0.496 e. The van der Waals surface area contributed by atoms with Crippen LogP contribution in [-0.4, -0.2) is 24.6 Å². The van der Waals surface area contributed by atoms with Gasteiger partial charge in [-0.1, -0.05) is 19.4 Å². The van der Waals surface area contributed by atoms with E-state index in [2.05, 4.69) is 23.3 Å². The topological polar surface area (TPSA) is 110 Å². The van der Waals surface area contributed by atoms with Crippen LogP contribution in [0.2, 0.25) is 0 Å². The summed E-state index contributed by atoms with van der Waals surface area (Å²) < 4.78 is 11.9. The van der Waals surface area contributed by atoms with Crippen LogP contribution in [0.4, 0.5) is 5.69 Å². The highest BCUT2D eigenvalue weighted by atomic mass is 16.5. The Morgan fingerprint density at radius 1 is 1.38 bits per heavy atom. The van der Waals surface area contributed by atoms with Crippen LogP contribution in [-0.2, 0) is 4.79 Å². The van der Waals surface area contributed by atoms with Crippen molar-refractivity contribution in [3.63, 3.8) is 0 Å². The van der Waals surface area contributed by atoms with Gasteiger partial charge in [-0.15, -0.1) is 0 Å². The van der Waals surface area contributed by atoms with Crippen LogP contribution in [0.3, 0.4) is 0 Å². The number of carbonyl (C=O) groups is 1. The Hall–Kier alpha value is -3.53. The van der Waals surface area contributed by atoms with Crippen LogP contribution in [0, 0.1) is 23.7 Å². The van der Waals surface area contributed by atoms with Crippen molar-refractivity contribution in [3.05, 3.63) is 57.9 Å². The number of methoxy groups -OCH3 is 1. The molecule has 2 aromatic rings. The number of rotatable bonds is 6. The molecule has 7 nitrogen and oxygen atoms in total. The van der Waals surface area contributed by atoms with Crippen molar-refractivity contribution in [1.82, 2.24) is 4.98 Å². The zero-order valence-electron chi connectivity index (χ0n) is 18.9. The second kappa shape index (κ2) is 8.19. The van der Waals surface area contributed by atoms with E-state index in [-0.39, 0.29) is 5.41 Å². The first-order chi connectivity index (χ1) is 15.3. The molecule has 7 heteroatoms. The number of benzene rings is 1. The van der Waals surface area contributed by atoms with Crippen LogP contribution in [0.1, 0.15) is 61.3 Å². The highest BCUT2D eigenvalue weighted by molar-refractivity contribution is 5.98. The molecular weight excluding hydrogens is 404 g/mol. The normalized spacial score (nSPS) is 18.7. The number of nitrogens with one attached hydrogen (secondary N) is 1. The lowest BCUT2D eigenvalue weighted by Crippen LogP contribution is -2.33. The van der Waals surface area contributed by atoms with E-state index in [1.807, 2.05) is 19.9 Å². The Balaban J connectivity index is 1.91. The number of allylic oxidation sites excluding steroid dienone is 1. The Bertz CT molecular complexity index is 1160. The van der Waals surface area contributed by atoms with Crippen LogP contribution in [0.5, 0.6) is 11.6 Å². The van der Waals surface area contributed by atoms with Gasteiger partial charge in [0, 0.05) is 28.4 Å². The summed E-state index contributed by atoms with van der Waals surface area (Å²) in [5, 5.41) is 12.7. The summed E-state index contributed by atoms with van der Waals surface area (Å²) in [6, 6.07) is 7.33. The predicted molar refractivity (Wildman–Crippen MR) is 121 cm³/mol. The summed E-state index contributed by atoms with van der Waals surface area (Å²) >= 11 is 0. The van der Waals surface area contributed by atoms with Gasteiger partial charge in [-0.2, -0.15) is 5.26 Å². The third-order valence-corrected chi connectivity index (χ3v) is 6.62. The maximum atomic E-state index is 12.6. The minimum Gasteiger partial charge on any atom is -0.496 e. The lowest BCUT2D eigenvalue weighted by molar-refractivity contribution is -0.114. The van der Waals surface area contributed by atoms with E-state index >= 15 is 0 Å². The molecule has 1 aliphatic carbocycles. The van der Waals surface area contributed by atoms with Gasteiger partial charge in [-0.3, -0.25) is 4.79 Å². The van der Waals surface area contributed by atoms with Crippen molar-refractivity contribution in [1.29, 1.82) is 5.26 Å². The molecule has 1 aromatic carbocycles. The molecule has 1 fully saturated rings. The van der Waals surface area contributed by atoms with Gasteiger partial charge in [0.15, 0.2) is 0 Å². The van der Waals surface area contributed by atoms with Gasteiger partial charge < -0.3 is 20.5 Å². The third kappa shape index (κ3) is 3.66. The van der Waals surface area contributed by atoms with E-state index in [4.69, 9.17) is 15.2 Å². The number of primary amides is 1. The van der Waals surface area contributed by atoms with Crippen LogP contribution < -0.4 is 20.5 Å². The van der Waals surface area contributed by atoms with Crippen LogP contribution in [0.15, 0.2) is 35.7 Å². The zero-order valence-corrected chi connectivity index (χ0v) is 18.9. The average Bonchev–Trinajstić information content (AvgIpc) is 2.76. The second-order valence-corrected chi connectivity index (χ2v) is 9.02. The number of carbonyl (C=O) groups excluding carboxylic acids is 1. The van der Waals surface area contributed by atoms with E-state index in [0.717, 1.165) is 35.2 Å². The quantitative estimate of drug-likeness (QED) is 0.709. The molecule has 166 valence electrons. The molecule has 1 amide bonds. The number of amides is 1. The van der Waals surface area contributed by atoms with Gasteiger partial charge >= 0.3 is 0 Å². The number of nitrogens with zero attached hydrogens (tertiary/aromatic N) is 2. The molecular formula is C25H28N4O3. The number of anilines is 1. The van der Waals surface area contributed by atoms with Crippen LogP contribution in [0.25, 0.3) is 0 Å².